The highest BCUT2D eigenvalue weighted by molar-refractivity contribution is 5.85. The zero-order valence-electron chi connectivity index (χ0n) is 16.5. The van der Waals surface area contributed by atoms with Crippen molar-refractivity contribution < 1.29 is 19.5 Å². The van der Waals surface area contributed by atoms with Gasteiger partial charge in [0.2, 0.25) is 11.8 Å². The lowest BCUT2D eigenvalue weighted by atomic mass is 9.93. The van der Waals surface area contributed by atoms with E-state index in [1.807, 2.05) is 60.7 Å². The van der Waals surface area contributed by atoms with E-state index in [0.717, 1.165) is 16.7 Å². The number of carbonyl (C=O) groups is 3. The monoisotopic (exact) mass is 392 g/mol. The van der Waals surface area contributed by atoms with E-state index in [2.05, 4.69) is 0 Å². The summed E-state index contributed by atoms with van der Waals surface area (Å²) in [6.45, 7) is 3.15. The first-order valence-corrected chi connectivity index (χ1v) is 9.50. The molecule has 1 aliphatic heterocycles. The number of hydrogen-bond donors (Lipinski definition) is 1. The molecule has 1 N–H and O–H groups in total. The van der Waals surface area contributed by atoms with Gasteiger partial charge in [-0.05, 0) is 29.7 Å². The molecule has 6 nitrogen and oxygen atoms in total. The molecule has 2 unspecified atom stereocenters. The minimum Gasteiger partial charge on any atom is -0.480 e. The zero-order chi connectivity index (χ0) is 21.0. The molecule has 0 radical (unpaired) electrons. The normalized spacial score (nSPS) is 16.1. The molecule has 0 fully saturated rings. The number of carboxylic acids is 1. The number of benzene rings is 2. The summed E-state index contributed by atoms with van der Waals surface area (Å²) in [5.41, 5.74) is 2.67. The molecule has 2 aromatic carbocycles. The lowest BCUT2D eigenvalue weighted by molar-refractivity contribution is -0.150. The summed E-state index contributed by atoms with van der Waals surface area (Å²) in [6, 6.07) is 15.4. The summed E-state index contributed by atoms with van der Waals surface area (Å²) in [5.74, 6) is -1.55. The lowest BCUT2D eigenvalue weighted by Crippen LogP contribution is -2.44. The van der Waals surface area contributed by atoms with E-state index in [4.69, 9.17) is 0 Å². The van der Waals surface area contributed by atoms with Crippen molar-refractivity contribution in [1.29, 1.82) is 0 Å². The molecule has 1 heterocycles. The van der Waals surface area contributed by atoms with E-state index < -0.39 is 18.1 Å². The second-order valence-corrected chi connectivity index (χ2v) is 7.11. The number of carbonyl (C=O) groups excluding carboxylic acids is 2. The van der Waals surface area contributed by atoms with Gasteiger partial charge in [-0.2, -0.15) is 0 Å². The van der Waals surface area contributed by atoms with Crippen LogP contribution >= 0.6 is 0 Å². The minimum atomic E-state index is -1.07. The molecule has 0 bridgehead atoms. The SMILES string of the molecule is CC(=O)N1C=Cc2ccccc2C1CC(=O)N(Cc1ccccc1)C(C)C(=O)O. The third kappa shape index (κ3) is 4.54. The Labute approximate surface area is 170 Å². The maximum absolute atomic E-state index is 13.2. The molecule has 2 amide bonds. The van der Waals surface area contributed by atoms with Crippen molar-refractivity contribution in [3.63, 3.8) is 0 Å². The molecule has 1 aliphatic rings. The van der Waals surface area contributed by atoms with Crippen molar-refractivity contribution in [3.05, 3.63) is 77.5 Å². The van der Waals surface area contributed by atoms with Crippen LogP contribution in [-0.4, -0.2) is 38.7 Å². The Bertz CT molecular complexity index is 939. The van der Waals surface area contributed by atoms with Gasteiger partial charge < -0.3 is 14.9 Å². The Morgan fingerprint density at radius 3 is 2.38 bits per heavy atom. The van der Waals surface area contributed by atoms with Crippen molar-refractivity contribution >= 4 is 23.9 Å². The van der Waals surface area contributed by atoms with Crippen molar-refractivity contribution in [2.45, 2.75) is 38.9 Å². The quantitative estimate of drug-likeness (QED) is 0.817. The van der Waals surface area contributed by atoms with Crippen molar-refractivity contribution in [3.8, 4) is 0 Å². The van der Waals surface area contributed by atoms with Gasteiger partial charge in [0.25, 0.3) is 0 Å². The lowest BCUT2D eigenvalue weighted by Gasteiger charge is -2.35. The largest absolute Gasteiger partial charge is 0.480 e. The molecule has 0 aliphatic carbocycles. The minimum absolute atomic E-state index is 0.00534. The van der Waals surface area contributed by atoms with Gasteiger partial charge in [-0.1, -0.05) is 54.6 Å². The fourth-order valence-corrected chi connectivity index (χ4v) is 3.55. The van der Waals surface area contributed by atoms with Crippen molar-refractivity contribution in [2.75, 3.05) is 0 Å². The molecule has 29 heavy (non-hydrogen) atoms. The molecule has 150 valence electrons. The van der Waals surface area contributed by atoms with Gasteiger partial charge in [-0.25, -0.2) is 4.79 Å². The summed E-state index contributed by atoms with van der Waals surface area (Å²) in [4.78, 5) is 39.9. The standard InChI is InChI=1S/C23H24N2O4/c1-16(23(28)29)25(15-18-8-4-3-5-9-18)22(27)14-21-20-11-7-6-10-19(20)12-13-24(21)17(2)26/h3-13,16,21H,14-15H2,1-2H3,(H,28,29). The van der Waals surface area contributed by atoms with Gasteiger partial charge in [-0.3, -0.25) is 9.59 Å². The summed E-state index contributed by atoms with van der Waals surface area (Å²) in [6.07, 6.45) is 3.54. The number of nitrogens with zero attached hydrogens (tertiary/aromatic N) is 2. The van der Waals surface area contributed by atoms with Crippen LogP contribution < -0.4 is 0 Å². The zero-order valence-corrected chi connectivity index (χ0v) is 16.5. The molecule has 0 saturated heterocycles. The first kappa shape index (κ1) is 20.3. The van der Waals surface area contributed by atoms with Gasteiger partial charge in [0, 0.05) is 19.7 Å². The molecule has 0 aromatic heterocycles. The number of fused-ring (bicyclic) bond motifs is 1. The van der Waals surface area contributed by atoms with E-state index in [1.165, 1.54) is 23.6 Å². The highest BCUT2D eigenvalue weighted by Crippen LogP contribution is 2.33. The van der Waals surface area contributed by atoms with E-state index in [1.54, 1.807) is 6.20 Å². The van der Waals surface area contributed by atoms with Crippen LogP contribution in [0, 0.1) is 0 Å². The van der Waals surface area contributed by atoms with Crippen LogP contribution in [0.1, 0.15) is 43.0 Å². The Balaban J connectivity index is 1.90. The topological polar surface area (TPSA) is 77.9 Å². The van der Waals surface area contributed by atoms with Crippen LogP contribution in [0.25, 0.3) is 6.08 Å². The number of amides is 2. The van der Waals surface area contributed by atoms with Gasteiger partial charge in [0.05, 0.1) is 12.5 Å². The van der Waals surface area contributed by atoms with E-state index in [9.17, 15) is 19.5 Å². The molecule has 3 rings (SSSR count). The Hall–Kier alpha value is -3.41. The fourth-order valence-electron chi connectivity index (χ4n) is 3.55. The summed E-state index contributed by atoms with van der Waals surface area (Å²) < 4.78 is 0. The number of aliphatic carboxylic acids is 1. The van der Waals surface area contributed by atoms with E-state index in [-0.39, 0.29) is 24.8 Å². The maximum atomic E-state index is 13.2. The van der Waals surface area contributed by atoms with Crippen LogP contribution in [-0.2, 0) is 20.9 Å². The molecule has 2 aromatic rings. The fraction of sp³-hybridized carbons (Fsp3) is 0.261. The summed E-state index contributed by atoms with van der Waals surface area (Å²) in [5, 5.41) is 9.51. The average molecular weight is 392 g/mol. The number of carboxylic acid groups (broad SMARTS) is 1. The maximum Gasteiger partial charge on any atom is 0.326 e. The van der Waals surface area contributed by atoms with Crippen LogP contribution in [0.4, 0.5) is 0 Å². The van der Waals surface area contributed by atoms with Gasteiger partial charge in [-0.15, -0.1) is 0 Å². The third-order valence-electron chi connectivity index (χ3n) is 5.18. The molecule has 0 spiro atoms. The first-order chi connectivity index (χ1) is 13.9. The average Bonchev–Trinajstić information content (AvgIpc) is 2.72. The molecular formula is C23H24N2O4. The smallest absolute Gasteiger partial charge is 0.326 e. The number of rotatable bonds is 6. The predicted molar refractivity (Wildman–Crippen MR) is 109 cm³/mol. The molecular weight excluding hydrogens is 368 g/mol. The Kier molecular flexibility index (Phi) is 6.12. The van der Waals surface area contributed by atoms with Gasteiger partial charge in [0.15, 0.2) is 0 Å². The van der Waals surface area contributed by atoms with E-state index in [0.29, 0.717) is 0 Å². The molecule has 2 atom stereocenters. The summed E-state index contributed by atoms with van der Waals surface area (Å²) in [7, 11) is 0. The van der Waals surface area contributed by atoms with Crippen LogP contribution in [0.3, 0.4) is 0 Å². The number of hydrogen-bond acceptors (Lipinski definition) is 3. The second-order valence-electron chi connectivity index (χ2n) is 7.11. The Morgan fingerprint density at radius 2 is 1.72 bits per heavy atom. The van der Waals surface area contributed by atoms with Gasteiger partial charge in [0.1, 0.15) is 6.04 Å². The predicted octanol–water partition coefficient (Wildman–Crippen LogP) is 3.45. The van der Waals surface area contributed by atoms with Crippen LogP contribution in [0.5, 0.6) is 0 Å². The summed E-state index contributed by atoms with van der Waals surface area (Å²) >= 11 is 0. The van der Waals surface area contributed by atoms with Crippen LogP contribution in [0.2, 0.25) is 0 Å². The van der Waals surface area contributed by atoms with E-state index >= 15 is 0 Å². The Morgan fingerprint density at radius 1 is 1.07 bits per heavy atom. The van der Waals surface area contributed by atoms with Crippen LogP contribution in [0.15, 0.2) is 60.8 Å². The van der Waals surface area contributed by atoms with Crippen molar-refractivity contribution in [2.24, 2.45) is 0 Å². The third-order valence-corrected chi connectivity index (χ3v) is 5.18. The van der Waals surface area contributed by atoms with Gasteiger partial charge >= 0.3 is 5.97 Å². The van der Waals surface area contributed by atoms with Crippen molar-refractivity contribution in [1.82, 2.24) is 9.80 Å². The highest BCUT2D eigenvalue weighted by atomic mass is 16.4. The molecule has 0 saturated carbocycles. The second kappa shape index (κ2) is 8.73. The molecule has 6 heteroatoms. The highest BCUT2D eigenvalue weighted by Gasteiger charge is 2.32. The first-order valence-electron chi connectivity index (χ1n) is 9.50.